The van der Waals surface area contributed by atoms with Gasteiger partial charge in [-0.05, 0) is 0 Å². The lowest BCUT2D eigenvalue weighted by molar-refractivity contribution is 0.245. The van der Waals surface area contributed by atoms with Crippen molar-refractivity contribution >= 4 is 0 Å². The van der Waals surface area contributed by atoms with E-state index in [1.807, 2.05) is 0 Å². The summed E-state index contributed by atoms with van der Waals surface area (Å²) in [5, 5.41) is 0. The van der Waals surface area contributed by atoms with Crippen LogP contribution in [0.15, 0.2) is 0 Å². The lowest BCUT2D eigenvalue weighted by Gasteiger charge is -2.17. The highest BCUT2D eigenvalue weighted by molar-refractivity contribution is 5.69. The van der Waals surface area contributed by atoms with E-state index in [1.54, 1.807) is 0 Å². The van der Waals surface area contributed by atoms with E-state index < -0.39 is 152 Å². The molecule has 0 heterocycles. The number of benzene rings is 4. The highest BCUT2D eigenvalue weighted by atomic mass is 19.2. The smallest absolute Gasteiger partial charge is 0.204 e. The zero-order valence-electron chi connectivity index (χ0n) is 21.0. The van der Waals surface area contributed by atoms with Gasteiger partial charge < -0.3 is 9.47 Å². The maximum atomic E-state index is 14.8. The van der Waals surface area contributed by atoms with Crippen LogP contribution in [0.25, 0.3) is 11.1 Å². The maximum absolute atomic E-state index is 14.8. The van der Waals surface area contributed by atoms with Crippen LogP contribution in [-0.2, 0) is 13.2 Å². The van der Waals surface area contributed by atoms with Gasteiger partial charge >= 0.3 is 0 Å². The molecule has 0 saturated heterocycles. The Balaban J connectivity index is 1.77. The van der Waals surface area contributed by atoms with Gasteiger partial charge in [0.2, 0.25) is 34.9 Å². The quantitative estimate of drug-likeness (QED) is 0.110. The Morgan fingerprint density at radius 3 is 0.652 bits per heavy atom. The third-order valence-electron chi connectivity index (χ3n) is 6.02. The summed E-state index contributed by atoms with van der Waals surface area (Å²) in [6, 6.07) is 0. The highest BCUT2D eigenvalue weighted by Crippen LogP contribution is 2.42. The average molecular weight is 690 g/mol. The van der Waals surface area contributed by atoms with Gasteiger partial charge in [0.05, 0.1) is 22.3 Å². The minimum atomic E-state index is -2.92. The summed E-state index contributed by atoms with van der Waals surface area (Å²) in [4.78, 5) is 0. The molecule has 46 heavy (non-hydrogen) atoms. The predicted octanol–water partition coefficient (Wildman–Crippen LogP) is 9.02. The molecule has 0 aliphatic heterocycles. The van der Waals surface area contributed by atoms with Crippen molar-refractivity contribution in [2.75, 3.05) is 0 Å². The van der Waals surface area contributed by atoms with Crippen LogP contribution in [0.1, 0.15) is 11.1 Å². The van der Waals surface area contributed by atoms with Crippen LogP contribution in [0.5, 0.6) is 11.5 Å². The Morgan fingerprint density at radius 1 is 0.239 bits per heavy atom. The van der Waals surface area contributed by atoms with E-state index in [4.69, 9.17) is 0 Å². The fourth-order valence-electron chi connectivity index (χ4n) is 3.76. The molecule has 20 heteroatoms. The number of hydrogen-bond donors (Lipinski definition) is 0. The van der Waals surface area contributed by atoms with Crippen LogP contribution in [-0.4, -0.2) is 0 Å². The van der Waals surface area contributed by atoms with Gasteiger partial charge in [0.1, 0.15) is 13.2 Å². The summed E-state index contributed by atoms with van der Waals surface area (Å²) in [6.45, 7) is -4.03. The van der Waals surface area contributed by atoms with Gasteiger partial charge in [-0.25, -0.2) is 61.5 Å². The second-order valence-corrected chi connectivity index (χ2v) is 8.59. The fourth-order valence-corrected chi connectivity index (χ4v) is 3.76. The molecule has 4 rings (SSSR count). The van der Waals surface area contributed by atoms with Crippen molar-refractivity contribution in [2.24, 2.45) is 0 Å². The SMILES string of the molecule is Fc1c(F)c(F)c(COc2c(F)c(F)c(-c3c(F)c(F)c(OCc4c(F)c(F)c(F)c(F)c4F)c(F)c3F)c(F)c2F)c(F)c1F. The molecule has 4 aromatic carbocycles. The molecule has 0 bridgehead atoms. The largest absolute Gasteiger partial charge is 0.482 e. The molecule has 0 amide bonds. The zero-order chi connectivity index (χ0) is 34.7. The number of rotatable bonds is 7. The molecule has 2 nitrogen and oxygen atoms in total. The molecule has 0 spiro atoms. The van der Waals surface area contributed by atoms with Crippen molar-refractivity contribution < 1.29 is 88.5 Å². The minimum Gasteiger partial charge on any atom is -0.482 e. The number of hydrogen-bond acceptors (Lipinski definition) is 2. The molecule has 0 unspecified atom stereocenters. The first-order valence-electron chi connectivity index (χ1n) is 11.3. The predicted molar refractivity (Wildman–Crippen MR) is 113 cm³/mol. The molecule has 0 aliphatic carbocycles. The van der Waals surface area contributed by atoms with Crippen LogP contribution in [0.3, 0.4) is 0 Å². The topological polar surface area (TPSA) is 18.5 Å². The van der Waals surface area contributed by atoms with Crippen LogP contribution in [0.2, 0.25) is 0 Å². The number of halogens is 18. The van der Waals surface area contributed by atoms with Crippen LogP contribution in [0.4, 0.5) is 79.0 Å². The molecule has 0 saturated carbocycles. The van der Waals surface area contributed by atoms with E-state index in [-0.39, 0.29) is 0 Å². The summed E-state index contributed by atoms with van der Waals surface area (Å²) in [6.07, 6.45) is 0. The fraction of sp³-hybridized carbons (Fsp3) is 0.0769. The zero-order valence-corrected chi connectivity index (χ0v) is 21.0. The van der Waals surface area contributed by atoms with E-state index in [1.165, 1.54) is 0 Å². The summed E-state index contributed by atoms with van der Waals surface area (Å²) in [5.41, 5.74) is -8.94. The molecule has 0 fully saturated rings. The normalized spacial score (nSPS) is 11.4. The first-order chi connectivity index (χ1) is 21.4. The second-order valence-electron chi connectivity index (χ2n) is 8.59. The Labute approximate surface area is 241 Å². The highest BCUT2D eigenvalue weighted by Gasteiger charge is 2.36. The van der Waals surface area contributed by atoms with E-state index >= 15 is 0 Å². The molecule has 0 radical (unpaired) electrons. The van der Waals surface area contributed by atoms with Gasteiger partial charge in [-0.2, -0.15) is 17.6 Å². The third kappa shape index (κ3) is 5.17. The number of ether oxygens (including phenoxy) is 2. The van der Waals surface area contributed by atoms with Crippen molar-refractivity contribution in [1.29, 1.82) is 0 Å². The van der Waals surface area contributed by atoms with Crippen molar-refractivity contribution in [3.05, 3.63) is 116 Å². The van der Waals surface area contributed by atoms with Crippen LogP contribution in [0, 0.1) is 105 Å². The molecule has 246 valence electrons. The van der Waals surface area contributed by atoms with Gasteiger partial charge in [0.15, 0.2) is 81.3 Å². The lowest BCUT2D eigenvalue weighted by Crippen LogP contribution is -2.14. The van der Waals surface area contributed by atoms with Crippen molar-refractivity contribution in [3.63, 3.8) is 0 Å². The van der Waals surface area contributed by atoms with E-state index in [0.717, 1.165) is 0 Å². The Kier molecular flexibility index (Phi) is 9.04. The van der Waals surface area contributed by atoms with Gasteiger partial charge in [-0.3, -0.25) is 0 Å². The minimum absolute atomic E-state index is 1.91. The molecule has 0 atom stereocenters. The molecule has 0 N–H and O–H groups in total. The molecular weight excluding hydrogens is 686 g/mol. The maximum Gasteiger partial charge on any atom is 0.204 e. The Morgan fingerprint density at radius 2 is 0.435 bits per heavy atom. The Hall–Kier alpha value is -4.78. The summed E-state index contributed by atoms with van der Waals surface area (Å²) in [5.74, 6) is -53.7. The van der Waals surface area contributed by atoms with Crippen molar-refractivity contribution in [3.8, 4) is 22.6 Å². The molecule has 0 aliphatic rings. The van der Waals surface area contributed by atoms with E-state index in [2.05, 4.69) is 9.47 Å². The van der Waals surface area contributed by atoms with E-state index in [0.29, 0.717) is 0 Å². The standard InChI is InChI=1S/C26H4F18O2/c27-7-3(8(28)16(36)19(39)15(7)35)1-45-25-21(41)11(31)5(12(32)22(25)42)6-13(33)23(43)26(24(44)14(6)34)46-2-4-9(29)17(37)20(40)18(38)10(4)30/h1-2H2. The summed E-state index contributed by atoms with van der Waals surface area (Å²) in [7, 11) is 0. The second kappa shape index (κ2) is 12.2. The molecular formula is C26H4F18O2. The summed E-state index contributed by atoms with van der Waals surface area (Å²) < 4.78 is 261. The van der Waals surface area contributed by atoms with Crippen molar-refractivity contribution in [1.82, 2.24) is 0 Å². The monoisotopic (exact) mass is 690 g/mol. The summed E-state index contributed by atoms with van der Waals surface area (Å²) >= 11 is 0. The third-order valence-corrected chi connectivity index (χ3v) is 6.02. The van der Waals surface area contributed by atoms with Gasteiger partial charge in [0.25, 0.3) is 0 Å². The lowest BCUT2D eigenvalue weighted by atomic mass is 10.0. The van der Waals surface area contributed by atoms with Crippen LogP contribution >= 0.6 is 0 Å². The average Bonchev–Trinajstić information content (AvgIpc) is 3.03. The van der Waals surface area contributed by atoms with Gasteiger partial charge in [0, 0.05) is 0 Å². The van der Waals surface area contributed by atoms with Gasteiger partial charge in [-0.15, -0.1) is 0 Å². The molecule has 0 aromatic heterocycles. The first-order valence-corrected chi connectivity index (χ1v) is 11.3. The van der Waals surface area contributed by atoms with Crippen LogP contribution < -0.4 is 9.47 Å². The first kappa shape index (κ1) is 34.1. The van der Waals surface area contributed by atoms with Crippen molar-refractivity contribution in [2.45, 2.75) is 13.2 Å². The Bertz CT molecular complexity index is 1690. The molecule has 4 aromatic rings. The van der Waals surface area contributed by atoms with E-state index in [9.17, 15) is 79.0 Å². The van der Waals surface area contributed by atoms with Gasteiger partial charge in [-0.1, -0.05) is 0 Å².